The van der Waals surface area contributed by atoms with Crippen molar-refractivity contribution in [2.75, 3.05) is 25.9 Å². The molecule has 0 aliphatic carbocycles. The van der Waals surface area contributed by atoms with Crippen LogP contribution in [0.1, 0.15) is 30.1 Å². The number of carbonyl (C=O) groups excluding carboxylic acids is 2. The molecule has 0 bridgehead atoms. The number of likely N-dealkylation sites (tertiary alicyclic amines) is 1. The summed E-state index contributed by atoms with van der Waals surface area (Å²) in [5.74, 6) is -0.875. The van der Waals surface area contributed by atoms with E-state index in [1.807, 2.05) is 6.07 Å². The molecule has 1 aliphatic rings. The van der Waals surface area contributed by atoms with Crippen molar-refractivity contribution >= 4 is 21.9 Å². The number of nitrogens with zero attached hydrogens (tertiary/aromatic N) is 1. The molecule has 25 heavy (non-hydrogen) atoms. The number of sulfonamides is 1. The molecule has 2 rings (SSSR count). The number of amides is 1. The highest BCUT2D eigenvalue weighted by Crippen LogP contribution is 2.20. The van der Waals surface area contributed by atoms with Gasteiger partial charge in [-0.1, -0.05) is 18.2 Å². The fraction of sp³-hybridized carbons (Fsp3) is 0.529. The molecular formula is C17H24N2O5S. The van der Waals surface area contributed by atoms with Crippen molar-refractivity contribution in [3.8, 4) is 0 Å². The summed E-state index contributed by atoms with van der Waals surface area (Å²) >= 11 is 0. The number of esters is 1. The van der Waals surface area contributed by atoms with E-state index in [9.17, 15) is 18.0 Å². The van der Waals surface area contributed by atoms with E-state index in [0.717, 1.165) is 12.7 Å². The van der Waals surface area contributed by atoms with Crippen LogP contribution in [0.15, 0.2) is 30.3 Å². The number of hydrogen-bond donors (Lipinski definition) is 1. The van der Waals surface area contributed by atoms with Gasteiger partial charge in [-0.3, -0.25) is 9.59 Å². The normalized spacial score (nSPS) is 19.3. The van der Waals surface area contributed by atoms with Crippen molar-refractivity contribution in [1.29, 1.82) is 0 Å². The van der Waals surface area contributed by atoms with Crippen molar-refractivity contribution in [3.05, 3.63) is 35.9 Å². The molecule has 0 radical (unpaired) electrons. The molecular weight excluding hydrogens is 344 g/mol. The minimum atomic E-state index is -3.32. The van der Waals surface area contributed by atoms with Gasteiger partial charge in [-0.25, -0.2) is 13.1 Å². The van der Waals surface area contributed by atoms with E-state index in [0.29, 0.717) is 25.1 Å². The molecule has 8 heteroatoms. The summed E-state index contributed by atoms with van der Waals surface area (Å²) in [5.41, 5.74) is 0.599. The van der Waals surface area contributed by atoms with Gasteiger partial charge < -0.3 is 9.64 Å². The van der Waals surface area contributed by atoms with Gasteiger partial charge in [-0.2, -0.15) is 0 Å². The summed E-state index contributed by atoms with van der Waals surface area (Å²) in [7, 11) is -3.32. The number of carbonyl (C=O) groups is 2. The zero-order valence-electron chi connectivity index (χ0n) is 14.5. The van der Waals surface area contributed by atoms with E-state index in [2.05, 4.69) is 4.72 Å². The van der Waals surface area contributed by atoms with Crippen LogP contribution < -0.4 is 4.72 Å². The highest BCUT2D eigenvalue weighted by atomic mass is 32.2. The molecule has 0 aromatic heterocycles. The minimum Gasteiger partial charge on any atom is -0.461 e. The quantitative estimate of drug-likeness (QED) is 0.757. The van der Waals surface area contributed by atoms with Crippen molar-refractivity contribution in [2.24, 2.45) is 5.92 Å². The number of piperidine rings is 1. The maximum atomic E-state index is 12.5. The average Bonchev–Trinajstić information content (AvgIpc) is 2.59. The zero-order valence-corrected chi connectivity index (χ0v) is 15.3. The van der Waals surface area contributed by atoms with Crippen molar-refractivity contribution in [2.45, 2.75) is 25.9 Å². The first-order valence-corrected chi connectivity index (χ1v) is 10.1. The summed E-state index contributed by atoms with van der Waals surface area (Å²) in [4.78, 5) is 26.5. The fourth-order valence-corrected chi connectivity index (χ4v) is 3.26. The maximum Gasteiger partial charge on any atom is 0.311 e. The van der Waals surface area contributed by atoms with Crippen LogP contribution in [0, 0.1) is 5.92 Å². The van der Waals surface area contributed by atoms with Crippen molar-refractivity contribution < 1.29 is 22.7 Å². The highest BCUT2D eigenvalue weighted by Gasteiger charge is 2.30. The predicted molar refractivity (Wildman–Crippen MR) is 93.5 cm³/mol. The van der Waals surface area contributed by atoms with Gasteiger partial charge in [0, 0.05) is 25.2 Å². The Morgan fingerprint density at radius 2 is 2.00 bits per heavy atom. The average molecular weight is 368 g/mol. The van der Waals surface area contributed by atoms with Gasteiger partial charge >= 0.3 is 5.97 Å². The topological polar surface area (TPSA) is 92.8 Å². The van der Waals surface area contributed by atoms with Crippen LogP contribution in [0.4, 0.5) is 0 Å². The molecule has 0 spiro atoms. The van der Waals surface area contributed by atoms with E-state index in [1.54, 1.807) is 36.1 Å². The van der Waals surface area contributed by atoms with Gasteiger partial charge in [0.05, 0.1) is 12.2 Å². The first kappa shape index (κ1) is 19.4. The van der Waals surface area contributed by atoms with Crippen molar-refractivity contribution in [3.63, 3.8) is 0 Å². The lowest BCUT2D eigenvalue weighted by molar-refractivity contribution is -0.154. The smallest absolute Gasteiger partial charge is 0.311 e. The molecule has 138 valence electrons. The number of hydrogen-bond acceptors (Lipinski definition) is 5. The van der Waals surface area contributed by atoms with Gasteiger partial charge in [-0.05, 0) is 31.9 Å². The number of ether oxygens (including phenoxy) is 1. The third kappa shape index (κ3) is 6.13. The van der Waals surface area contributed by atoms with Crippen LogP contribution in [0.25, 0.3) is 0 Å². The third-order valence-electron chi connectivity index (χ3n) is 4.01. The molecule has 0 saturated carbocycles. The SMILES string of the molecule is C[C@H](CNS(C)(=O)=O)OC(=O)[C@H]1CCCN(C(=O)c2ccccc2)C1. The largest absolute Gasteiger partial charge is 0.461 e. The summed E-state index contributed by atoms with van der Waals surface area (Å²) in [6.07, 6.45) is 1.87. The first-order valence-electron chi connectivity index (χ1n) is 8.25. The van der Waals surface area contributed by atoms with Crippen LogP contribution in [0.3, 0.4) is 0 Å². The Morgan fingerprint density at radius 1 is 1.32 bits per heavy atom. The predicted octanol–water partition coefficient (Wildman–Crippen LogP) is 1.02. The number of rotatable bonds is 6. The van der Waals surface area contributed by atoms with E-state index in [1.165, 1.54) is 0 Å². The second kappa shape index (κ2) is 8.44. The Hall–Kier alpha value is -1.93. The van der Waals surface area contributed by atoms with Crippen LogP contribution in [-0.2, 0) is 19.6 Å². The van der Waals surface area contributed by atoms with Crippen LogP contribution in [0.2, 0.25) is 0 Å². The monoisotopic (exact) mass is 368 g/mol. The third-order valence-corrected chi connectivity index (χ3v) is 4.70. The lowest BCUT2D eigenvalue weighted by atomic mass is 9.97. The van der Waals surface area contributed by atoms with Gasteiger partial charge in [0.25, 0.3) is 5.91 Å². The maximum absolute atomic E-state index is 12.5. The van der Waals surface area contributed by atoms with Crippen LogP contribution in [0.5, 0.6) is 0 Å². The van der Waals surface area contributed by atoms with E-state index in [4.69, 9.17) is 4.74 Å². The lowest BCUT2D eigenvalue weighted by Crippen LogP contribution is -2.44. The summed E-state index contributed by atoms with van der Waals surface area (Å²) in [6, 6.07) is 8.96. The minimum absolute atomic E-state index is 0.0317. The van der Waals surface area contributed by atoms with Crippen LogP contribution in [-0.4, -0.2) is 57.2 Å². The summed E-state index contributed by atoms with van der Waals surface area (Å²) in [5, 5.41) is 0. The second-order valence-corrected chi connectivity index (χ2v) is 8.16. The molecule has 0 unspecified atom stereocenters. The molecule has 1 aromatic rings. The number of benzene rings is 1. The molecule has 2 atom stereocenters. The molecule has 1 saturated heterocycles. The van der Waals surface area contributed by atoms with Gasteiger partial charge in [0.1, 0.15) is 6.10 Å². The molecule has 1 N–H and O–H groups in total. The van der Waals surface area contributed by atoms with E-state index >= 15 is 0 Å². The molecule has 7 nitrogen and oxygen atoms in total. The molecule has 1 aliphatic heterocycles. The zero-order chi connectivity index (χ0) is 18.4. The second-order valence-electron chi connectivity index (χ2n) is 6.32. The highest BCUT2D eigenvalue weighted by molar-refractivity contribution is 7.88. The first-order chi connectivity index (χ1) is 11.8. The van der Waals surface area contributed by atoms with E-state index in [-0.39, 0.29) is 18.4 Å². The van der Waals surface area contributed by atoms with Gasteiger partial charge in [0.2, 0.25) is 10.0 Å². The summed E-state index contributed by atoms with van der Waals surface area (Å²) in [6.45, 7) is 2.59. The fourth-order valence-electron chi connectivity index (χ4n) is 2.72. The Labute approximate surface area is 148 Å². The Balaban J connectivity index is 1.89. The Morgan fingerprint density at radius 3 is 2.64 bits per heavy atom. The molecule has 1 amide bonds. The van der Waals surface area contributed by atoms with E-state index < -0.39 is 22.1 Å². The summed E-state index contributed by atoms with van der Waals surface area (Å²) < 4.78 is 29.8. The standard InChI is InChI=1S/C17H24N2O5S/c1-13(11-18-25(2,22)23)24-17(21)15-9-6-10-19(12-15)16(20)14-7-4-3-5-8-14/h3-5,7-8,13,15,18H,6,9-12H2,1-2H3/t13-,15+/m1/s1. The molecule has 1 aromatic carbocycles. The Bertz CT molecular complexity index is 705. The van der Waals surface area contributed by atoms with Gasteiger partial charge in [-0.15, -0.1) is 0 Å². The number of nitrogens with one attached hydrogen (secondary N) is 1. The Kier molecular flexibility index (Phi) is 6.55. The van der Waals surface area contributed by atoms with Crippen LogP contribution >= 0.6 is 0 Å². The van der Waals surface area contributed by atoms with Gasteiger partial charge in [0.15, 0.2) is 0 Å². The lowest BCUT2D eigenvalue weighted by Gasteiger charge is -2.32. The molecule has 1 heterocycles. The van der Waals surface area contributed by atoms with Crippen molar-refractivity contribution in [1.82, 2.24) is 9.62 Å². The molecule has 1 fully saturated rings.